The predicted molar refractivity (Wildman–Crippen MR) is 72.3 cm³/mol. The fraction of sp³-hybridized carbons (Fsp3) is 0.0714. The summed E-state index contributed by atoms with van der Waals surface area (Å²) in [6.07, 6.45) is 2.32. The number of carbonyl (C=O) groups excluding carboxylic acids is 1. The van der Waals surface area contributed by atoms with Gasteiger partial charge < -0.3 is 11.1 Å². The van der Waals surface area contributed by atoms with Crippen LogP contribution in [0.5, 0.6) is 0 Å². The van der Waals surface area contributed by atoms with Crippen LogP contribution in [0.3, 0.4) is 0 Å². The van der Waals surface area contributed by atoms with Crippen LogP contribution in [0.1, 0.15) is 16.1 Å². The largest absolute Gasteiger partial charge is 0.320 e. The van der Waals surface area contributed by atoms with Crippen molar-refractivity contribution in [3.63, 3.8) is 0 Å². The third kappa shape index (κ3) is 3.37. The highest BCUT2D eigenvalue weighted by Gasteiger charge is 2.11. The van der Waals surface area contributed by atoms with Gasteiger partial charge in [-0.05, 0) is 24.1 Å². The highest BCUT2D eigenvalue weighted by molar-refractivity contribution is 6.03. The lowest BCUT2D eigenvalue weighted by molar-refractivity contribution is 0.102. The number of anilines is 1. The van der Waals surface area contributed by atoms with Crippen LogP contribution in [0.15, 0.2) is 36.7 Å². The molecule has 0 fully saturated rings. The van der Waals surface area contributed by atoms with E-state index in [4.69, 9.17) is 5.73 Å². The normalized spacial score (nSPS) is 9.50. The molecule has 2 heterocycles. The van der Waals surface area contributed by atoms with Crippen molar-refractivity contribution < 1.29 is 9.18 Å². The van der Waals surface area contributed by atoms with Gasteiger partial charge in [-0.15, -0.1) is 0 Å². The Morgan fingerprint density at radius 1 is 1.40 bits per heavy atom. The predicted octanol–water partition coefficient (Wildman–Crippen LogP) is 1.18. The van der Waals surface area contributed by atoms with Crippen LogP contribution < -0.4 is 11.1 Å². The van der Waals surface area contributed by atoms with Gasteiger partial charge in [0.25, 0.3) is 5.91 Å². The van der Waals surface area contributed by atoms with Crippen LogP contribution in [0.2, 0.25) is 0 Å². The summed E-state index contributed by atoms with van der Waals surface area (Å²) >= 11 is 0. The van der Waals surface area contributed by atoms with E-state index in [0.717, 1.165) is 6.20 Å². The first-order valence-electron chi connectivity index (χ1n) is 5.77. The van der Waals surface area contributed by atoms with Gasteiger partial charge in [0, 0.05) is 6.20 Å². The standard InChI is InChI=1S/C14H11FN4O/c15-12-9-17-8-6-11(12)14(20)19-13-5-1-3-10(18-13)4-2-7-16/h1,3,5-6,8-9H,7,16H2,(H,18,19,20). The van der Waals surface area contributed by atoms with Gasteiger partial charge in [0.2, 0.25) is 0 Å². The molecule has 20 heavy (non-hydrogen) atoms. The van der Waals surface area contributed by atoms with Crippen LogP contribution in [0, 0.1) is 17.7 Å². The molecule has 1 amide bonds. The van der Waals surface area contributed by atoms with Crippen molar-refractivity contribution in [2.45, 2.75) is 0 Å². The topological polar surface area (TPSA) is 80.9 Å². The molecule has 0 aliphatic rings. The molecule has 2 aromatic heterocycles. The Morgan fingerprint density at radius 2 is 2.25 bits per heavy atom. The van der Waals surface area contributed by atoms with Crippen molar-refractivity contribution in [3.05, 3.63) is 53.7 Å². The first-order chi connectivity index (χ1) is 9.70. The van der Waals surface area contributed by atoms with Gasteiger partial charge in [-0.1, -0.05) is 12.0 Å². The average molecular weight is 270 g/mol. The van der Waals surface area contributed by atoms with Gasteiger partial charge in [-0.3, -0.25) is 9.78 Å². The van der Waals surface area contributed by atoms with Crippen LogP contribution in [0.4, 0.5) is 10.2 Å². The fourth-order valence-corrected chi connectivity index (χ4v) is 1.46. The Hall–Kier alpha value is -2.78. The van der Waals surface area contributed by atoms with Gasteiger partial charge in [0.05, 0.1) is 18.3 Å². The Bertz CT molecular complexity index is 691. The maximum atomic E-state index is 13.4. The summed E-state index contributed by atoms with van der Waals surface area (Å²) < 4.78 is 13.4. The number of hydrogen-bond acceptors (Lipinski definition) is 4. The zero-order chi connectivity index (χ0) is 14.4. The number of nitrogens with zero attached hydrogens (tertiary/aromatic N) is 2. The van der Waals surface area contributed by atoms with E-state index in [1.165, 1.54) is 12.3 Å². The maximum absolute atomic E-state index is 13.4. The summed E-state index contributed by atoms with van der Waals surface area (Å²) in [5, 5.41) is 2.50. The third-order valence-electron chi connectivity index (χ3n) is 2.33. The fourth-order valence-electron chi connectivity index (χ4n) is 1.46. The number of halogens is 1. The molecule has 0 saturated heterocycles. The Kier molecular flexibility index (Phi) is 4.37. The van der Waals surface area contributed by atoms with Gasteiger partial charge in [0.15, 0.2) is 5.82 Å². The van der Waals surface area contributed by atoms with E-state index in [-0.39, 0.29) is 17.9 Å². The minimum Gasteiger partial charge on any atom is -0.320 e. The smallest absolute Gasteiger partial charge is 0.259 e. The molecule has 5 nitrogen and oxygen atoms in total. The van der Waals surface area contributed by atoms with E-state index in [2.05, 4.69) is 27.1 Å². The molecule has 6 heteroatoms. The van der Waals surface area contributed by atoms with Gasteiger partial charge in [-0.25, -0.2) is 9.37 Å². The summed E-state index contributed by atoms with van der Waals surface area (Å²) in [6, 6.07) is 6.25. The van der Waals surface area contributed by atoms with E-state index in [1.54, 1.807) is 18.2 Å². The van der Waals surface area contributed by atoms with Crippen LogP contribution in [-0.2, 0) is 0 Å². The van der Waals surface area contributed by atoms with Gasteiger partial charge in [0.1, 0.15) is 11.5 Å². The average Bonchev–Trinajstić information content (AvgIpc) is 2.46. The van der Waals surface area contributed by atoms with E-state index >= 15 is 0 Å². The zero-order valence-corrected chi connectivity index (χ0v) is 10.4. The van der Waals surface area contributed by atoms with Crippen molar-refractivity contribution in [2.75, 3.05) is 11.9 Å². The molecular weight excluding hydrogens is 259 g/mol. The molecule has 0 bridgehead atoms. The van der Waals surface area contributed by atoms with Crippen molar-refractivity contribution in [1.82, 2.24) is 9.97 Å². The van der Waals surface area contributed by atoms with Gasteiger partial charge >= 0.3 is 0 Å². The Morgan fingerprint density at radius 3 is 3.00 bits per heavy atom. The second kappa shape index (κ2) is 6.41. The van der Waals surface area contributed by atoms with Crippen LogP contribution in [0.25, 0.3) is 0 Å². The number of pyridine rings is 2. The quantitative estimate of drug-likeness (QED) is 0.803. The zero-order valence-electron chi connectivity index (χ0n) is 10.4. The summed E-state index contributed by atoms with van der Waals surface area (Å²) in [6.45, 7) is 0.223. The van der Waals surface area contributed by atoms with Crippen LogP contribution >= 0.6 is 0 Å². The van der Waals surface area contributed by atoms with Crippen molar-refractivity contribution in [2.24, 2.45) is 5.73 Å². The molecule has 0 unspecified atom stereocenters. The molecule has 0 aliphatic heterocycles. The molecule has 0 radical (unpaired) electrons. The minimum absolute atomic E-state index is 0.0970. The molecule has 0 atom stereocenters. The van der Waals surface area contributed by atoms with Crippen LogP contribution in [-0.4, -0.2) is 22.4 Å². The first kappa shape index (κ1) is 13.6. The lowest BCUT2D eigenvalue weighted by Gasteiger charge is -2.05. The molecule has 0 aromatic carbocycles. The molecule has 0 aliphatic carbocycles. The Labute approximate surface area is 115 Å². The molecular formula is C14H11FN4O. The number of carbonyl (C=O) groups is 1. The number of rotatable bonds is 2. The number of aromatic nitrogens is 2. The molecule has 2 aromatic rings. The molecule has 3 N–H and O–H groups in total. The minimum atomic E-state index is -0.691. The summed E-state index contributed by atoms with van der Waals surface area (Å²) in [7, 11) is 0. The third-order valence-corrected chi connectivity index (χ3v) is 2.33. The molecule has 0 spiro atoms. The highest BCUT2D eigenvalue weighted by atomic mass is 19.1. The molecule has 0 saturated carbocycles. The summed E-state index contributed by atoms with van der Waals surface area (Å²) in [5.74, 6) is 4.41. The van der Waals surface area contributed by atoms with Crippen molar-refractivity contribution >= 4 is 11.7 Å². The van der Waals surface area contributed by atoms with E-state index in [0.29, 0.717) is 5.69 Å². The summed E-state index contributed by atoms with van der Waals surface area (Å²) in [5.41, 5.74) is 5.65. The van der Waals surface area contributed by atoms with E-state index < -0.39 is 11.7 Å². The van der Waals surface area contributed by atoms with E-state index in [1.807, 2.05) is 0 Å². The van der Waals surface area contributed by atoms with Crippen molar-refractivity contribution in [1.29, 1.82) is 0 Å². The first-order valence-corrected chi connectivity index (χ1v) is 5.77. The maximum Gasteiger partial charge on any atom is 0.259 e. The molecule has 100 valence electrons. The second-order valence-corrected chi connectivity index (χ2v) is 3.72. The number of hydrogen-bond donors (Lipinski definition) is 2. The second-order valence-electron chi connectivity index (χ2n) is 3.72. The number of nitrogens with two attached hydrogens (primary N) is 1. The lowest BCUT2D eigenvalue weighted by Crippen LogP contribution is -2.15. The Balaban J connectivity index is 2.18. The lowest BCUT2D eigenvalue weighted by atomic mass is 10.2. The molecule has 2 rings (SSSR count). The number of nitrogens with one attached hydrogen (secondary N) is 1. The summed E-state index contributed by atoms with van der Waals surface area (Å²) in [4.78, 5) is 19.6. The number of amides is 1. The van der Waals surface area contributed by atoms with Crippen molar-refractivity contribution in [3.8, 4) is 11.8 Å². The SMILES string of the molecule is NCC#Cc1cccc(NC(=O)c2ccncc2F)n1. The van der Waals surface area contributed by atoms with Gasteiger partial charge in [-0.2, -0.15) is 0 Å². The van der Waals surface area contributed by atoms with E-state index in [9.17, 15) is 9.18 Å². The monoisotopic (exact) mass is 270 g/mol. The highest BCUT2D eigenvalue weighted by Crippen LogP contribution is 2.09.